The molecule has 3 heterocycles. The second-order valence-electron chi connectivity index (χ2n) is 9.07. The van der Waals surface area contributed by atoms with Gasteiger partial charge >= 0.3 is 0 Å². The number of aromatic amines is 1. The number of benzene rings is 2. The number of fused-ring (bicyclic) bond motifs is 1. The summed E-state index contributed by atoms with van der Waals surface area (Å²) in [7, 11) is 0. The number of hydrogen-bond acceptors (Lipinski definition) is 5. The Kier molecular flexibility index (Phi) is 6.05. The molecule has 1 saturated heterocycles. The van der Waals surface area contributed by atoms with Gasteiger partial charge in [-0.3, -0.25) is 9.69 Å². The van der Waals surface area contributed by atoms with Crippen molar-refractivity contribution in [1.82, 2.24) is 30.1 Å². The van der Waals surface area contributed by atoms with Crippen LogP contribution in [0.2, 0.25) is 0 Å². The molecule has 4 aromatic rings. The lowest BCUT2D eigenvalue weighted by Crippen LogP contribution is -2.36. The van der Waals surface area contributed by atoms with Crippen LogP contribution in [0.15, 0.2) is 53.3 Å². The van der Waals surface area contributed by atoms with Crippen LogP contribution < -0.4 is 5.56 Å². The first-order valence-electron chi connectivity index (χ1n) is 11.8. The fourth-order valence-corrected chi connectivity index (χ4v) is 4.92. The number of H-pyrrole nitrogens is 1. The zero-order valence-electron chi connectivity index (χ0n) is 19.3. The molecule has 33 heavy (non-hydrogen) atoms. The highest BCUT2D eigenvalue weighted by molar-refractivity contribution is 5.85. The normalized spacial score (nSPS) is 16.1. The predicted molar refractivity (Wildman–Crippen MR) is 129 cm³/mol. The number of nitrogens with zero attached hydrogens (tertiary/aromatic N) is 5. The van der Waals surface area contributed by atoms with Crippen molar-refractivity contribution in [1.29, 1.82) is 0 Å². The molecule has 2 aromatic carbocycles. The number of likely N-dealkylation sites (tertiary alicyclic amines) is 1. The summed E-state index contributed by atoms with van der Waals surface area (Å²) in [6.45, 7) is 6.53. The fourth-order valence-electron chi connectivity index (χ4n) is 4.92. The molecular formula is C26H30N6O. The van der Waals surface area contributed by atoms with Gasteiger partial charge in [0.15, 0.2) is 5.82 Å². The minimum Gasteiger partial charge on any atom is -0.321 e. The van der Waals surface area contributed by atoms with Gasteiger partial charge in [0.25, 0.3) is 5.56 Å². The van der Waals surface area contributed by atoms with Gasteiger partial charge in [-0.25, -0.2) is 4.68 Å². The monoisotopic (exact) mass is 442 g/mol. The Morgan fingerprint density at radius 2 is 1.70 bits per heavy atom. The summed E-state index contributed by atoms with van der Waals surface area (Å²) in [6.07, 6.45) is 4.65. The summed E-state index contributed by atoms with van der Waals surface area (Å²) in [5.74, 6) is 0.718. The Morgan fingerprint density at radius 3 is 2.45 bits per heavy atom. The molecule has 7 nitrogen and oxygen atoms in total. The average Bonchev–Trinajstić information content (AvgIpc) is 3.10. The minimum absolute atomic E-state index is 0.0697. The third-order valence-corrected chi connectivity index (χ3v) is 6.75. The molecule has 1 fully saturated rings. The van der Waals surface area contributed by atoms with Gasteiger partial charge in [-0.2, -0.15) is 0 Å². The molecule has 5 rings (SSSR count). The van der Waals surface area contributed by atoms with Crippen molar-refractivity contribution >= 4 is 10.9 Å². The number of tetrazole rings is 1. The quantitative estimate of drug-likeness (QED) is 0.502. The first-order valence-corrected chi connectivity index (χ1v) is 11.8. The molecule has 2 aromatic heterocycles. The molecular weight excluding hydrogens is 412 g/mol. The smallest absolute Gasteiger partial charge is 0.253 e. The zero-order chi connectivity index (χ0) is 22.8. The highest BCUT2D eigenvalue weighted by Gasteiger charge is 2.31. The first-order chi connectivity index (χ1) is 16.1. The van der Waals surface area contributed by atoms with Crippen LogP contribution in [-0.4, -0.2) is 43.2 Å². The molecule has 1 aliphatic heterocycles. The third-order valence-electron chi connectivity index (χ3n) is 6.75. The van der Waals surface area contributed by atoms with E-state index in [2.05, 4.69) is 62.7 Å². The molecule has 0 amide bonds. The topological polar surface area (TPSA) is 79.7 Å². The van der Waals surface area contributed by atoms with Crippen LogP contribution in [0.3, 0.4) is 0 Å². The molecule has 0 bridgehead atoms. The Bertz CT molecular complexity index is 1300. The predicted octanol–water partition coefficient (Wildman–Crippen LogP) is 4.15. The van der Waals surface area contributed by atoms with E-state index >= 15 is 0 Å². The van der Waals surface area contributed by atoms with Crippen molar-refractivity contribution in [3.8, 4) is 0 Å². The SMILES string of the molecule is Cc1ccc(C)c2[nH]c(=O)c([C@H](c3nnnn3Cc3ccccc3)N3CCCCCC3)cc12. The van der Waals surface area contributed by atoms with Crippen LogP contribution in [0.25, 0.3) is 10.9 Å². The molecule has 0 aliphatic carbocycles. The van der Waals surface area contributed by atoms with Gasteiger partial charge in [-0.05, 0) is 73.0 Å². The van der Waals surface area contributed by atoms with Crippen molar-refractivity contribution in [3.63, 3.8) is 0 Å². The largest absolute Gasteiger partial charge is 0.321 e. The van der Waals surface area contributed by atoms with Crippen LogP contribution in [-0.2, 0) is 6.54 Å². The molecule has 0 saturated carbocycles. The molecule has 0 spiro atoms. The van der Waals surface area contributed by atoms with E-state index in [0.717, 1.165) is 59.3 Å². The minimum atomic E-state index is -0.296. The van der Waals surface area contributed by atoms with Gasteiger partial charge in [0.2, 0.25) is 0 Å². The lowest BCUT2D eigenvalue weighted by Gasteiger charge is -2.29. The van der Waals surface area contributed by atoms with E-state index in [1.54, 1.807) is 0 Å². The molecule has 1 N–H and O–H groups in total. The summed E-state index contributed by atoms with van der Waals surface area (Å²) in [5.41, 5.74) is 4.88. The lowest BCUT2D eigenvalue weighted by molar-refractivity contribution is 0.220. The van der Waals surface area contributed by atoms with Crippen molar-refractivity contribution < 1.29 is 0 Å². The number of rotatable bonds is 5. The van der Waals surface area contributed by atoms with Gasteiger partial charge in [-0.15, -0.1) is 5.10 Å². The Hall–Kier alpha value is -3.32. The Morgan fingerprint density at radius 1 is 0.970 bits per heavy atom. The summed E-state index contributed by atoms with van der Waals surface area (Å²) in [5, 5.41) is 13.9. The van der Waals surface area contributed by atoms with Crippen molar-refractivity contribution in [2.45, 2.75) is 52.1 Å². The van der Waals surface area contributed by atoms with Crippen LogP contribution in [0, 0.1) is 13.8 Å². The second kappa shape index (κ2) is 9.27. The number of aromatic nitrogens is 5. The van der Waals surface area contributed by atoms with E-state index in [1.165, 1.54) is 12.8 Å². The Balaban J connectivity index is 1.66. The van der Waals surface area contributed by atoms with Gasteiger partial charge in [0, 0.05) is 10.9 Å². The molecule has 1 aliphatic rings. The molecule has 7 heteroatoms. The van der Waals surface area contributed by atoms with Crippen LogP contribution >= 0.6 is 0 Å². The highest BCUT2D eigenvalue weighted by atomic mass is 16.1. The van der Waals surface area contributed by atoms with E-state index in [9.17, 15) is 4.79 Å². The maximum atomic E-state index is 13.5. The van der Waals surface area contributed by atoms with E-state index in [0.29, 0.717) is 12.1 Å². The summed E-state index contributed by atoms with van der Waals surface area (Å²) in [4.78, 5) is 19.0. The van der Waals surface area contributed by atoms with Gasteiger partial charge in [0.05, 0.1) is 12.1 Å². The number of aryl methyl sites for hydroxylation is 2. The first kappa shape index (κ1) is 21.5. The number of hydrogen-bond donors (Lipinski definition) is 1. The average molecular weight is 443 g/mol. The summed E-state index contributed by atoms with van der Waals surface area (Å²) >= 11 is 0. The second-order valence-corrected chi connectivity index (χ2v) is 9.07. The molecule has 170 valence electrons. The van der Waals surface area contributed by atoms with E-state index in [1.807, 2.05) is 29.8 Å². The van der Waals surface area contributed by atoms with E-state index < -0.39 is 0 Å². The maximum Gasteiger partial charge on any atom is 0.253 e. The summed E-state index contributed by atoms with van der Waals surface area (Å²) in [6, 6.07) is 16.1. The van der Waals surface area contributed by atoms with Crippen LogP contribution in [0.5, 0.6) is 0 Å². The lowest BCUT2D eigenvalue weighted by atomic mass is 9.99. The standard InChI is InChI=1S/C26H30N6O/c1-18-12-13-19(2)23-21(18)16-22(26(33)27-23)24(31-14-8-3-4-9-15-31)25-28-29-30-32(25)17-20-10-6-5-7-11-20/h5-7,10-13,16,24H,3-4,8-9,14-15,17H2,1-2H3,(H,27,33)/t24-/m1/s1. The molecule has 0 radical (unpaired) electrons. The van der Waals surface area contributed by atoms with Crippen molar-refractivity contribution in [2.75, 3.05) is 13.1 Å². The molecule has 0 unspecified atom stereocenters. The Labute approximate surface area is 193 Å². The zero-order valence-corrected chi connectivity index (χ0v) is 19.3. The van der Waals surface area contributed by atoms with Gasteiger partial charge in [0.1, 0.15) is 6.04 Å². The van der Waals surface area contributed by atoms with Gasteiger partial charge in [-0.1, -0.05) is 55.3 Å². The number of pyridine rings is 1. The maximum absolute atomic E-state index is 13.5. The van der Waals surface area contributed by atoms with E-state index in [4.69, 9.17) is 0 Å². The van der Waals surface area contributed by atoms with Crippen molar-refractivity contribution in [3.05, 3.63) is 87.0 Å². The number of nitrogens with one attached hydrogen (secondary N) is 1. The fraction of sp³-hybridized carbons (Fsp3) is 0.385. The van der Waals surface area contributed by atoms with Gasteiger partial charge < -0.3 is 4.98 Å². The van der Waals surface area contributed by atoms with E-state index in [-0.39, 0.29) is 11.6 Å². The highest BCUT2D eigenvalue weighted by Crippen LogP contribution is 2.30. The molecule has 1 atom stereocenters. The third kappa shape index (κ3) is 4.33. The van der Waals surface area contributed by atoms with Crippen molar-refractivity contribution in [2.24, 2.45) is 0 Å². The summed E-state index contributed by atoms with van der Waals surface area (Å²) < 4.78 is 1.84. The van der Waals surface area contributed by atoms with Crippen LogP contribution in [0.4, 0.5) is 0 Å². The van der Waals surface area contributed by atoms with Crippen LogP contribution in [0.1, 0.15) is 59.8 Å².